The zero-order valence-electron chi connectivity index (χ0n) is 14.6. The lowest BCUT2D eigenvalue weighted by Gasteiger charge is -2.35. The first kappa shape index (κ1) is 15.8. The quantitative estimate of drug-likeness (QED) is 0.735. The maximum atomic E-state index is 4.61. The number of aromatic nitrogens is 3. The number of benzene rings is 1. The first-order chi connectivity index (χ1) is 12.3. The normalized spacial score (nSPS) is 15.6. The Morgan fingerprint density at radius 1 is 1.12 bits per heavy atom. The SMILES string of the molecule is C=Cc1ccc2ncc(-c3cccc(N4CCN(CC)CC4)c3)n2n1. The minimum atomic E-state index is 0.846. The minimum Gasteiger partial charge on any atom is -0.369 e. The van der Waals surface area contributed by atoms with Crippen LogP contribution in [0.15, 0.2) is 49.2 Å². The van der Waals surface area contributed by atoms with Crippen molar-refractivity contribution in [2.45, 2.75) is 6.92 Å². The van der Waals surface area contributed by atoms with Crippen LogP contribution in [0, 0.1) is 0 Å². The molecule has 1 aromatic carbocycles. The van der Waals surface area contributed by atoms with Crippen molar-refractivity contribution in [3.63, 3.8) is 0 Å². The Kier molecular flexibility index (Phi) is 4.24. The molecule has 0 N–H and O–H groups in total. The number of hydrogen-bond donors (Lipinski definition) is 0. The highest BCUT2D eigenvalue weighted by molar-refractivity contribution is 5.68. The largest absolute Gasteiger partial charge is 0.369 e. The molecule has 0 radical (unpaired) electrons. The summed E-state index contributed by atoms with van der Waals surface area (Å²) < 4.78 is 1.89. The Hall–Kier alpha value is -2.66. The summed E-state index contributed by atoms with van der Waals surface area (Å²) in [6.07, 6.45) is 3.65. The van der Waals surface area contributed by atoms with Gasteiger partial charge in [-0.05, 0) is 36.9 Å². The van der Waals surface area contributed by atoms with Crippen LogP contribution in [0.3, 0.4) is 0 Å². The number of rotatable bonds is 4. The van der Waals surface area contributed by atoms with Crippen molar-refractivity contribution in [3.05, 3.63) is 54.9 Å². The van der Waals surface area contributed by atoms with E-state index in [2.05, 4.69) is 57.7 Å². The van der Waals surface area contributed by atoms with Gasteiger partial charge < -0.3 is 9.80 Å². The fourth-order valence-electron chi connectivity index (χ4n) is 3.38. The van der Waals surface area contributed by atoms with Gasteiger partial charge in [-0.2, -0.15) is 5.10 Å². The lowest BCUT2D eigenvalue weighted by atomic mass is 10.1. The Morgan fingerprint density at radius 2 is 1.96 bits per heavy atom. The number of hydrogen-bond acceptors (Lipinski definition) is 4. The van der Waals surface area contributed by atoms with Crippen molar-refractivity contribution < 1.29 is 0 Å². The van der Waals surface area contributed by atoms with Crippen LogP contribution in [0.2, 0.25) is 0 Å². The van der Waals surface area contributed by atoms with Gasteiger partial charge in [-0.15, -0.1) is 0 Å². The van der Waals surface area contributed by atoms with Gasteiger partial charge in [0.05, 0.1) is 17.6 Å². The van der Waals surface area contributed by atoms with E-state index in [1.807, 2.05) is 22.8 Å². The van der Waals surface area contributed by atoms with E-state index in [-0.39, 0.29) is 0 Å². The van der Waals surface area contributed by atoms with Crippen molar-refractivity contribution in [2.24, 2.45) is 0 Å². The van der Waals surface area contributed by atoms with Gasteiger partial charge in [-0.1, -0.05) is 25.6 Å². The van der Waals surface area contributed by atoms with Gasteiger partial charge in [0.25, 0.3) is 0 Å². The fraction of sp³-hybridized carbons (Fsp3) is 0.300. The zero-order chi connectivity index (χ0) is 17.2. The van der Waals surface area contributed by atoms with Crippen LogP contribution in [0.1, 0.15) is 12.6 Å². The molecule has 1 aliphatic heterocycles. The maximum absolute atomic E-state index is 4.61. The van der Waals surface area contributed by atoms with Crippen molar-refractivity contribution in [2.75, 3.05) is 37.6 Å². The molecular formula is C20H23N5. The standard InChI is InChI=1S/C20H23N5/c1-3-17-8-9-20-21-15-19(25(20)22-17)16-6-5-7-18(14-16)24-12-10-23(4-2)11-13-24/h3,5-9,14-15H,1,4,10-13H2,2H3. The Bertz CT molecular complexity index is 890. The van der Waals surface area contributed by atoms with Gasteiger partial charge in [-0.3, -0.25) is 0 Å². The Balaban J connectivity index is 1.67. The summed E-state index contributed by atoms with van der Waals surface area (Å²) in [4.78, 5) is 9.43. The second-order valence-corrected chi connectivity index (χ2v) is 6.35. The molecule has 4 rings (SSSR count). The van der Waals surface area contributed by atoms with Crippen LogP contribution in [-0.2, 0) is 0 Å². The smallest absolute Gasteiger partial charge is 0.154 e. The average molecular weight is 333 g/mol. The lowest BCUT2D eigenvalue weighted by Crippen LogP contribution is -2.46. The van der Waals surface area contributed by atoms with Gasteiger partial charge in [0.2, 0.25) is 0 Å². The Labute approximate surface area is 148 Å². The summed E-state index contributed by atoms with van der Waals surface area (Å²) in [6, 6.07) is 12.6. The topological polar surface area (TPSA) is 36.7 Å². The molecule has 1 saturated heterocycles. The monoisotopic (exact) mass is 333 g/mol. The second kappa shape index (κ2) is 6.69. The summed E-state index contributed by atoms with van der Waals surface area (Å²) >= 11 is 0. The molecule has 128 valence electrons. The van der Waals surface area contributed by atoms with Crippen LogP contribution >= 0.6 is 0 Å². The van der Waals surface area contributed by atoms with E-state index in [1.54, 1.807) is 6.08 Å². The predicted molar refractivity (Wildman–Crippen MR) is 103 cm³/mol. The number of nitrogens with zero attached hydrogens (tertiary/aromatic N) is 5. The molecule has 3 heterocycles. The van der Waals surface area contributed by atoms with Gasteiger partial charge >= 0.3 is 0 Å². The Morgan fingerprint density at radius 3 is 2.72 bits per heavy atom. The third kappa shape index (κ3) is 3.03. The van der Waals surface area contributed by atoms with E-state index < -0.39 is 0 Å². The summed E-state index contributed by atoms with van der Waals surface area (Å²) in [6.45, 7) is 11.6. The van der Waals surface area contributed by atoms with Crippen LogP contribution in [0.25, 0.3) is 23.0 Å². The lowest BCUT2D eigenvalue weighted by molar-refractivity contribution is 0.271. The molecule has 2 aromatic heterocycles. The molecule has 5 nitrogen and oxygen atoms in total. The van der Waals surface area contributed by atoms with Gasteiger partial charge in [0, 0.05) is 37.4 Å². The number of imidazole rings is 1. The van der Waals surface area contributed by atoms with Gasteiger partial charge in [0.15, 0.2) is 5.65 Å². The molecule has 0 amide bonds. The van der Waals surface area contributed by atoms with Gasteiger partial charge in [0.1, 0.15) is 0 Å². The number of likely N-dealkylation sites (N-methyl/N-ethyl adjacent to an activating group) is 1. The van der Waals surface area contributed by atoms with Crippen molar-refractivity contribution >= 4 is 17.4 Å². The molecule has 0 atom stereocenters. The number of fused-ring (bicyclic) bond motifs is 1. The van der Waals surface area contributed by atoms with E-state index in [0.29, 0.717) is 0 Å². The summed E-state index contributed by atoms with van der Waals surface area (Å²) in [5, 5.41) is 4.61. The summed E-state index contributed by atoms with van der Waals surface area (Å²) in [5.41, 5.74) is 5.11. The molecule has 1 aliphatic rings. The third-order valence-corrected chi connectivity index (χ3v) is 4.92. The van der Waals surface area contributed by atoms with Crippen LogP contribution in [0.4, 0.5) is 5.69 Å². The van der Waals surface area contributed by atoms with Crippen LogP contribution < -0.4 is 4.90 Å². The molecule has 25 heavy (non-hydrogen) atoms. The highest BCUT2D eigenvalue weighted by Gasteiger charge is 2.16. The summed E-state index contributed by atoms with van der Waals surface area (Å²) in [5.74, 6) is 0. The highest BCUT2D eigenvalue weighted by atomic mass is 15.3. The van der Waals surface area contributed by atoms with Crippen molar-refractivity contribution in [3.8, 4) is 11.3 Å². The number of anilines is 1. The molecule has 1 fully saturated rings. The molecule has 3 aromatic rings. The molecule has 0 aliphatic carbocycles. The van der Waals surface area contributed by atoms with Gasteiger partial charge in [-0.25, -0.2) is 9.50 Å². The first-order valence-corrected chi connectivity index (χ1v) is 8.83. The van der Waals surface area contributed by atoms with E-state index in [0.717, 1.165) is 55.3 Å². The number of piperazine rings is 1. The molecule has 0 bridgehead atoms. The molecule has 0 saturated carbocycles. The molecule has 5 heteroatoms. The van der Waals surface area contributed by atoms with Crippen LogP contribution in [-0.4, -0.2) is 52.2 Å². The molecular weight excluding hydrogens is 310 g/mol. The van der Waals surface area contributed by atoms with Crippen molar-refractivity contribution in [1.29, 1.82) is 0 Å². The third-order valence-electron chi connectivity index (χ3n) is 4.92. The first-order valence-electron chi connectivity index (χ1n) is 8.83. The fourth-order valence-corrected chi connectivity index (χ4v) is 3.38. The maximum Gasteiger partial charge on any atom is 0.154 e. The summed E-state index contributed by atoms with van der Waals surface area (Å²) in [7, 11) is 0. The highest BCUT2D eigenvalue weighted by Crippen LogP contribution is 2.26. The second-order valence-electron chi connectivity index (χ2n) is 6.35. The minimum absolute atomic E-state index is 0.846. The molecule has 0 unspecified atom stereocenters. The molecule has 0 spiro atoms. The van der Waals surface area contributed by atoms with Crippen molar-refractivity contribution in [1.82, 2.24) is 19.5 Å². The predicted octanol–water partition coefficient (Wildman–Crippen LogP) is 3.18. The van der Waals surface area contributed by atoms with E-state index in [9.17, 15) is 0 Å². The van der Waals surface area contributed by atoms with E-state index in [4.69, 9.17) is 0 Å². The van der Waals surface area contributed by atoms with Crippen LogP contribution in [0.5, 0.6) is 0 Å². The van der Waals surface area contributed by atoms with E-state index >= 15 is 0 Å². The van der Waals surface area contributed by atoms with E-state index in [1.165, 1.54) is 5.69 Å². The average Bonchev–Trinajstić information content (AvgIpc) is 3.11. The zero-order valence-corrected chi connectivity index (χ0v) is 14.6.